The lowest BCUT2D eigenvalue weighted by atomic mass is 10.1. The summed E-state index contributed by atoms with van der Waals surface area (Å²) in [5.74, 6) is 7.48. The molecule has 142 valence electrons. The predicted octanol–water partition coefficient (Wildman–Crippen LogP) is 1.83. The second-order valence-corrected chi connectivity index (χ2v) is 7.25. The van der Waals surface area contributed by atoms with Gasteiger partial charge in [-0.3, -0.25) is 0 Å². The Hall–Kier alpha value is -1.87. The number of nitrogen functional groups attached to an aromatic ring is 1. The van der Waals surface area contributed by atoms with Gasteiger partial charge in [0.15, 0.2) is 5.82 Å². The summed E-state index contributed by atoms with van der Waals surface area (Å²) in [5, 5.41) is 22.1. The van der Waals surface area contributed by atoms with E-state index in [0.29, 0.717) is 18.4 Å². The standard InChI is InChI=1S/C18H27N5O2S/c1-13(2)20-11-15(24)12-25-16-6-4-3-5-14(16)9-10-26-18-8-7-17(21-19)22-23-18/h3-8,13,15,20,24H,9-12,19H2,1-2H3,(H,21,22). The minimum absolute atomic E-state index is 0.267. The molecule has 1 aromatic heterocycles. The number of para-hydroxylation sites is 1. The highest BCUT2D eigenvalue weighted by molar-refractivity contribution is 7.99. The van der Waals surface area contributed by atoms with Gasteiger partial charge in [0.1, 0.15) is 23.5 Å². The largest absolute Gasteiger partial charge is 0.491 e. The third-order valence-electron chi connectivity index (χ3n) is 3.57. The molecule has 0 saturated carbocycles. The van der Waals surface area contributed by atoms with Gasteiger partial charge in [-0.2, -0.15) is 0 Å². The number of aromatic nitrogens is 2. The molecule has 1 heterocycles. The molecule has 7 nitrogen and oxygen atoms in total. The summed E-state index contributed by atoms with van der Waals surface area (Å²) in [6.07, 6.45) is 0.296. The summed E-state index contributed by atoms with van der Waals surface area (Å²) in [5.41, 5.74) is 3.57. The Morgan fingerprint density at radius 1 is 1.19 bits per heavy atom. The quantitative estimate of drug-likeness (QED) is 0.267. The second kappa shape index (κ2) is 11.0. The first kappa shape index (κ1) is 20.4. The van der Waals surface area contributed by atoms with Crippen molar-refractivity contribution in [2.75, 3.05) is 24.3 Å². The minimum atomic E-state index is -0.537. The van der Waals surface area contributed by atoms with Crippen LogP contribution < -0.4 is 21.3 Å². The molecule has 0 amide bonds. The molecule has 2 rings (SSSR count). The minimum Gasteiger partial charge on any atom is -0.491 e. The maximum atomic E-state index is 10.00. The van der Waals surface area contributed by atoms with E-state index >= 15 is 0 Å². The fourth-order valence-corrected chi connectivity index (χ4v) is 3.00. The molecule has 0 aliphatic heterocycles. The average molecular weight is 378 g/mol. The van der Waals surface area contributed by atoms with Crippen molar-refractivity contribution in [2.24, 2.45) is 5.84 Å². The highest BCUT2D eigenvalue weighted by Gasteiger charge is 2.09. The van der Waals surface area contributed by atoms with Crippen LogP contribution in [0.1, 0.15) is 19.4 Å². The van der Waals surface area contributed by atoms with Crippen molar-refractivity contribution in [3.63, 3.8) is 0 Å². The molecule has 8 heteroatoms. The van der Waals surface area contributed by atoms with Crippen molar-refractivity contribution in [1.29, 1.82) is 0 Å². The van der Waals surface area contributed by atoms with Crippen LogP contribution in [-0.4, -0.2) is 46.4 Å². The van der Waals surface area contributed by atoms with Crippen LogP contribution in [0.25, 0.3) is 0 Å². The van der Waals surface area contributed by atoms with Crippen LogP contribution in [0.5, 0.6) is 5.75 Å². The number of hydrogen-bond acceptors (Lipinski definition) is 8. The number of aliphatic hydroxyl groups excluding tert-OH is 1. The van der Waals surface area contributed by atoms with Crippen molar-refractivity contribution in [1.82, 2.24) is 15.5 Å². The number of rotatable bonds is 11. The summed E-state index contributed by atoms with van der Waals surface area (Å²) in [6, 6.07) is 11.9. The number of hydrazine groups is 1. The lowest BCUT2D eigenvalue weighted by molar-refractivity contribution is 0.104. The van der Waals surface area contributed by atoms with Gasteiger partial charge in [0.2, 0.25) is 0 Å². The molecule has 0 aliphatic rings. The van der Waals surface area contributed by atoms with Crippen LogP contribution in [0.15, 0.2) is 41.4 Å². The first-order valence-corrected chi connectivity index (χ1v) is 9.62. The number of ether oxygens (including phenoxy) is 1. The molecule has 0 radical (unpaired) electrons. The van der Waals surface area contributed by atoms with Crippen LogP contribution >= 0.6 is 11.8 Å². The van der Waals surface area contributed by atoms with Crippen LogP contribution in [0.3, 0.4) is 0 Å². The normalized spacial score (nSPS) is 12.2. The van der Waals surface area contributed by atoms with Crippen LogP contribution in [0.2, 0.25) is 0 Å². The van der Waals surface area contributed by atoms with E-state index in [1.807, 2.05) is 44.2 Å². The molecule has 2 aromatic rings. The maximum absolute atomic E-state index is 10.00. The Kier molecular flexibility index (Phi) is 8.63. The monoisotopic (exact) mass is 377 g/mol. The molecule has 0 aliphatic carbocycles. The predicted molar refractivity (Wildman–Crippen MR) is 105 cm³/mol. The molecule has 1 unspecified atom stereocenters. The molecule has 0 saturated heterocycles. The fraction of sp³-hybridized carbons (Fsp3) is 0.444. The van der Waals surface area contributed by atoms with Gasteiger partial charge in [-0.1, -0.05) is 32.0 Å². The summed E-state index contributed by atoms with van der Waals surface area (Å²) in [4.78, 5) is 0. The number of nitrogens with zero attached hydrogens (tertiary/aromatic N) is 2. The average Bonchev–Trinajstić information content (AvgIpc) is 2.66. The van der Waals surface area contributed by atoms with Gasteiger partial charge in [0.25, 0.3) is 0 Å². The lowest BCUT2D eigenvalue weighted by Gasteiger charge is -2.16. The van der Waals surface area contributed by atoms with Gasteiger partial charge in [0.05, 0.1) is 0 Å². The number of thioether (sulfide) groups is 1. The lowest BCUT2D eigenvalue weighted by Crippen LogP contribution is -2.35. The summed E-state index contributed by atoms with van der Waals surface area (Å²) in [7, 11) is 0. The van der Waals surface area contributed by atoms with Gasteiger partial charge >= 0.3 is 0 Å². The second-order valence-electron chi connectivity index (χ2n) is 6.14. The number of hydrogen-bond donors (Lipinski definition) is 4. The number of aliphatic hydroxyl groups is 1. The highest BCUT2D eigenvalue weighted by Crippen LogP contribution is 2.22. The van der Waals surface area contributed by atoms with E-state index in [1.165, 1.54) is 0 Å². The fourth-order valence-electron chi connectivity index (χ4n) is 2.21. The SMILES string of the molecule is CC(C)NCC(O)COc1ccccc1CCSc1ccc(NN)nn1. The molecule has 0 spiro atoms. The van der Waals surface area contributed by atoms with Crippen LogP contribution in [0.4, 0.5) is 5.82 Å². The van der Waals surface area contributed by atoms with E-state index in [9.17, 15) is 5.11 Å². The molecule has 1 aromatic carbocycles. The maximum Gasteiger partial charge on any atom is 0.162 e. The molecular weight excluding hydrogens is 350 g/mol. The van der Waals surface area contributed by atoms with Gasteiger partial charge in [-0.15, -0.1) is 22.0 Å². The van der Waals surface area contributed by atoms with Crippen molar-refractivity contribution in [3.05, 3.63) is 42.0 Å². The van der Waals surface area contributed by atoms with E-state index in [0.717, 1.165) is 28.5 Å². The highest BCUT2D eigenvalue weighted by atomic mass is 32.2. The Bertz CT molecular complexity index is 654. The van der Waals surface area contributed by atoms with Gasteiger partial charge < -0.3 is 20.6 Å². The Labute approximate surface area is 158 Å². The number of nitrogens with one attached hydrogen (secondary N) is 2. The number of aryl methyl sites for hydroxylation is 1. The van der Waals surface area contributed by atoms with Gasteiger partial charge in [-0.25, -0.2) is 5.84 Å². The topological polar surface area (TPSA) is 105 Å². The van der Waals surface area contributed by atoms with E-state index in [1.54, 1.807) is 17.8 Å². The van der Waals surface area contributed by atoms with E-state index < -0.39 is 6.10 Å². The third-order valence-corrected chi connectivity index (χ3v) is 4.50. The van der Waals surface area contributed by atoms with Crippen molar-refractivity contribution in [3.8, 4) is 5.75 Å². The first-order valence-electron chi connectivity index (χ1n) is 8.63. The number of nitrogens with two attached hydrogens (primary N) is 1. The van der Waals surface area contributed by atoms with Gasteiger partial charge in [0, 0.05) is 18.3 Å². The number of anilines is 1. The van der Waals surface area contributed by atoms with Crippen LogP contribution in [-0.2, 0) is 6.42 Å². The molecule has 0 bridgehead atoms. The molecule has 1 atom stereocenters. The van der Waals surface area contributed by atoms with E-state index in [2.05, 4.69) is 20.9 Å². The Balaban J connectivity index is 1.81. The van der Waals surface area contributed by atoms with Crippen molar-refractivity contribution < 1.29 is 9.84 Å². The summed E-state index contributed by atoms with van der Waals surface area (Å²) < 4.78 is 5.81. The van der Waals surface area contributed by atoms with E-state index in [4.69, 9.17) is 10.6 Å². The molecule has 5 N–H and O–H groups in total. The van der Waals surface area contributed by atoms with Crippen molar-refractivity contribution >= 4 is 17.6 Å². The smallest absolute Gasteiger partial charge is 0.162 e. The summed E-state index contributed by atoms with van der Waals surface area (Å²) in [6.45, 7) is 4.88. The third kappa shape index (κ3) is 7.17. The molecular formula is C18H27N5O2S. The molecule has 26 heavy (non-hydrogen) atoms. The van der Waals surface area contributed by atoms with Crippen LogP contribution in [0, 0.1) is 0 Å². The van der Waals surface area contributed by atoms with Gasteiger partial charge in [-0.05, 0) is 30.2 Å². The zero-order valence-electron chi connectivity index (χ0n) is 15.2. The zero-order valence-corrected chi connectivity index (χ0v) is 16.0. The Morgan fingerprint density at radius 2 is 2.00 bits per heavy atom. The van der Waals surface area contributed by atoms with Crippen molar-refractivity contribution in [2.45, 2.75) is 37.4 Å². The Morgan fingerprint density at radius 3 is 2.69 bits per heavy atom. The summed E-state index contributed by atoms with van der Waals surface area (Å²) >= 11 is 1.62. The number of benzene rings is 1. The molecule has 0 fully saturated rings. The zero-order chi connectivity index (χ0) is 18.8. The van der Waals surface area contributed by atoms with E-state index in [-0.39, 0.29) is 6.61 Å². The first-order chi connectivity index (χ1) is 12.6.